The van der Waals surface area contributed by atoms with E-state index in [4.69, 9.17) is 0 Å². The van der Waals surface area contributed by atoms with Crippen LogP contribution in [-0.4, -0.2) is 20.2 Å². The second kappa shape index (κ2) is 6.60. The monoisotopic (exact) mass is 349 g/mol. The molecule has 1 saturated carbocycles. The zero-order chi connectivity index (χ0) is 17.3. The Balaban J connectivity index is 2.04. The van der Waals surface area contributed by atoms with Gasteiger partial charge in [0, 0.05) is 12.0 Å². The van der Waals surface area contributed by atoms with Gasteiger partial charge in [0.2, 0.25) is 10.0 Å². The van der Waals surface area contributed by atoms with Gasteiger partial charge in [0.1, 0.15) is 5.78 Å². The van der Waals surface area contributed by atoms with Crippen LogP contribution in [-0.2, 0) is 21.0 Å². The van der Waals surface area contributed by atoms with Crippen molar-refractivity contribution < 1.29 is 26.4 Å². The molecule has 0 radical (unpaired) electrons. The van der Waals surface area contributed by atoms with Crippen LogP contribution in [0.5, 0.6) is 0 Å². The topological polar surface area (TPSA) is 63.2 Å². The molecule has 0 atom stereocenters. The van der Waals surface area contributed by atoms with E-state index in [0.717, 1.165) is 24.3 Å². The number of sulfonamides is 1. The van der Waals surface area contributed by atoms with Crippen LogP contribution in [0.4, 0.5) is 13.2 Å². The molecule has 0 amide bonds. The lowest BCUT2D eigenvalue weighted by atomic mass is 9.84. The van der Waals surface area contributed by atoms with Crippen molar-refractivity contribution in [3.05, 3.63) is 29.8 Å². The van der Waals surface area contributed by atoms with Crippen LogP contribution in [0.2, 0.25) is 0 Å². The highest BCUT2D eigenvalue weighted by Gasteiger charge is 2.31. The number of Topliss-reactive ketones (excluding diaryl/α,β-unsaturated/α-hetero) is 1. The molecule has 0 unspecified atom stereocenters. The lowest BCUT2D eigenvalue weighted by molar-refractivity contribution is -0.137. The lowest BCUT2D eigenvalue weighted by Gasteiger charge is -2.27. The van der Waals surface area contributed by atoms with Crippen molar-refractivity contribution in [1.29, 1.82) is 0 Å². The highest BCUT2D eigenvalue weighted by Crippen LogP contribution is 2.30. The summed E-state index contributed by atoms with van der Waals surface area (Å²) in [5.41, 5.74) is -0.890. The van der Waals surface area contributed by atoms with Crippen molar-refractivity contribution >= 4 is 15.8 Å². The Morgan fingerprint density at radius 2 is 1.61 bits per heavy atom. The van der Waals surface area contributed by atoms with Crippen LogP contribution in [0, 0.1) is 5.92 Å². The molecule has 1 N–H and O–H groups in total. The number of alkyl halides is 3. The number of hydrogen-bond acceptors (Lipinski definition) is 3. The smallest absolute Gasteiger partial charge is 0.300 e. The van der Waals surface area contributed by atoms with Crippen molar-refractivity contribution in [1.82, 2.24) is 4.72 Å². The number of nitrogens with one attached hydrogen (secondary N) is 1. The van der Waals surface area contributed by atoms with Crippen molar-refractivity contribution in [3.63, 3.8) is 0 Å². The average molecular weight is 349 g/mol. The lowest BCUT2D eigenvalue weighted by Crippen LogP contribution is -2.38. The molecule has 23 heavy (non-hydrogen) atoms. The minimum Gasteiger partial charge on any atom is -0.300 e. The van der Waals surface area contributed by atoms with Crippen LogP contribution in [0.1, 0.15) is 38.2 Å². The molecular formula is C15H18F3NO3S. The third kappa shape index (κ3) is 4.54. The molecule has 0 heterocycles. The molecule has 0 bridgehead atoms. The Bertz CT molecular complexity index is 660. The Morgan fingerprint density at radius 1 is 1.09 bits per heavy atom. The number of halogens is 3. The summed E-state index contributed by atoms with van der Waals surface area (Å²) in [6.45, 7) is 1.53. The molecule has 1 aromatic rings. The Kier molecular flexibility index (Phi) is 5.15. The first-order valence-electron chi connectivity index (χ1n) is 7.29. The molecule has 0 saturated heterocycles. The van der Waals surface area contributed by atoms with E-state index in [0.29, 0.717) is 25.7 Å². The molecule has 128 valence electrons. The van der Waals surface area contributed by atoms with Crippen LogP contribution in [0.15, 0.2) is 29.2 Å². The van der Waals surface area contributed by atoms with Crippen molar-refractivity contribution in [2.24, 2.45) is 5.92 Å². The zero-order valence-corrected chi connectivity index (χ0v) is 13.4. The van der Waals surface area contributed by atoms with Gasteiger partial charge in [-0.3, -0.25) is 4.79 Å². The first-order chi connectivity index (χ1) is 10.6. The van der Waals surface area contributed by atoms with E-state index in [1.165, 1.54) is 6.92 Å². The minimum atomic E-state index is -4.50. The normalized spacial score (nSPS) is 22.8. The van der Waals surface area contributed by atoms with Gasteiger partial charge in [-0.05, 0) is 56.9 Å². The zero-order valence-electron chi connectivity index (χ0n) is 12.6. The van der Waals surface area contributed by atoms with Gasteiger partial charge in [-0.1, -0.05) is 0 Å². The van der Waals surface area contributed by atoms with Gasteiger partial charge in [0.15, 0.2) is 0 Å². The fraction of sp³-hybridized carbons (Fsp3) is 0.533. The Morgan fingerprint density at radius 3 is 2.04 bits per heavy atom. The number of hydrogen-bond donors (Lipinski definition) is 1. The second-order valence-electron chi connectivity index (χ2n) is 5.80. The maximum absolute atomic E-state index is 12.5. The summed E-state index contributed by atoms with van der Waals surface area (Å²) >= 11 is 0. The maximum atomic E-state index is 12.5. The molecule has 0 spiro atoms. The molecule has 0 aromatic heterocycles. The van der Waals surface area contributed by atoms with E-state index in [1.54, 1.807) is 0 Å². The van der Waals surface area contributed by atoms with Crippen LogP contribution >= 0.6 is 0 Å². The van der Waals surface area contributed by atoms with Gasteiger partial charge in [-0.2, -0.15) is 13.2 Å². The molecule has 1 aliphatic rings. The van der Waals surface area contributed by atoms with Gasteiger partial charge in [0.05, 0.1) is 10.5 Å². The number of benzene rings is 1. The standard InChI is InChI=1S/C15H18F3NO3S/c1-10(20)11-2-6-13(7-3-11)19-23(21,22)14-8-4-12(5-9-14)15(16,17)18/h4-5,8-9,11,13,19H,2-3,6-7H2,1H3. The third-order valence-corrected chi connectivity index (χ3v) is 5.65. The largest absolute Gasteiger partial charge is 0.416 e. The molecule has 1 aliphatic carbocycles. The second-order valence-corrected chi connectivity index (χ2v) is 7.52. The van der Waals surface area contributed by atoms with Gasteiger partial charge in [-0.25, -0.2) is 13.1 Å². The van der Waals surface area contributed by atoms with E-state index in [9.17, 15) is 26.4 Å². The number of carbonyl (C=O) groups is 1. The third-order valence-electron chi connectivity index (χ3n) is 4.12. The van der Waals surface area contributed by atoms with Crippen LogP contribution in [0.3, 0.4) is 0 Å². The maximum Gasteiger partial charge on any atom is 0.416 e. The summed E-state index contributed by atoms with van der Waals surface area (Å²) in [5.74, 6) is 0.0795. The van der Waals surface area contributed by atoms with Crippen molar-refractivity contribution in [2.45, 2.75) is 49.7 Å². The summed E-state index contributed by atoms with van der Waals surface area (Å²) in [6, 6.07) is 3.11. The molecule has 8 heteroatoms. The van der Waals surface area contributed by atoms with Crippen molar-refractivity contribution in [3.8, 4) is 0 Å². The molecule has 1 aromatic carbocycles. The summed E-state index contributed by atoms with van der Waals surface area (Å²) < 4.78 is 64.4. The van der Waals surface area contributed by atoms with Gasteiger partial charge < -0.3 is 0 Å². The summed E-state index contributed by atoms with van der Waals surface area (Å²) in [6.07, 6.45) is -2.17. The van der Waals surface area contributed by atoms with Crippen LogP contribution < -0.4 is 4.72 Å². The van der Waals surface area contributed by atoms with Gasteiger partial charge in [-0.15, -0.1) is 0 Å². The predicted octanol–water partition coefficient (Wildman–Crippen LogP) is 3.13. The predicted molar refractivity (Wildman–Crippen MR) is 78.2 cm³/mol. The Hall–Kier alpha value is -1.41. The molecule has 1 fully saturated rings. The molecule has 0 aliphatic heterocycles. The number of carbonyl (C=O) groups excluding carboxylic acids is 1. The highest BCUT2D eigenvalue weighted by atomic mass is 32.2. The minimum absolute atomic E-state index is 0.0261. The number of rotatable bonds is 4. The summed E-state index contributed by atoms with van der Waals surface area (Å²) in [5, 5.41) is 0. The van der Waals surface area contributed by atoms with Crippen molar-refractivity contribution in [2.75, 3.05) is 0 Å². The quantitative estimate of drug-likeness (QED) is 0.908. The van der Waals surface area contributed by atoms with Gasteiger partial charge >= 0.3 is 6.18 Å². The van der Waals surface area contributed by atoms with E-state index in [2.05, 4.69) is 4.72 Å². The van der Waals surface area contributed by atoms with Crippen LogP contribution in [0.25, 0.3) is 0 Å². The fourth-order valence-electron chi connectivity index (χ4n) is 2.73. The summed E-state index contributed by atoms with van der Waals surface area (Å²) in [4.78, 5) is 11.1. The van der Waals surface area contributed by atoms with Gasteiger partial charge in [0.25, 0.3) is 0 Å². The van der Waals surface area contributed by atoms with E-state index < -0.39 is 21.8 Å². The van der Waals surface area contributed by atoms with E-state index in [-0.39, 0.29) is 22.6 Å². The fourth-order valence-corrected chi connectivity index (χ4v) is 4.03. The molecule has 2 rings (SSSR count). The highest BCUT2D eigenvalue weighted by molar-refractivity contribution is 7.89. The molecule has 4 nitrogen and oxygen atoms in total. The Labute approximate surface area is 133 Å². The first kappa shape index (κ1) is 17.9. The number of ketones is 1. The molecular weight excluding hydrogens is 331 g/mol. The summed E-state index contributed by atoms with van der Waals surface area (Å²) in [7, 11) is -3.86. The SMILES string of the molecule is CC(=O)C1CCC(NS(=O)(=O)c2ccc(C(F)(F)F)cc2)CC1. The average Bonchev–Trinajstić information content (AvgIpc) is 2.46. The van der Waals surface area contributed by atoms with E-state index in [1.807, 2.05) is 0 Å². The first-order valence-corrected chi connectivity index (χ1v) is 8.78. The van der Waals surface area contributed by atoms with E-state index >= 15 is 0 Å².